The third-order valence-corrected chi connectivity index (χ3v) is 6.16. The zero-order valence-corrected chi connectivity index (χ0v) is 18.2. The van der Waals surface area contributed by atoms with Crippen LogP contribution in [0, 0.1) is 0 Å². The summed E-state index contributed by atoms with van der Waals surface area (Å²) in [7, 11) is 0. The maximum absolute atomic E-state index is 13.4. The first-order valence-corrected chi connectivity index (χ1v) is 11.2. The smallest absolute Gasteiger partial charge is 0.260 e. The normalized spacial score (nSPS) is 16.4. The lowest BCUT2D eigenvalue weighted by Gasteiger charge is -2.41. The Balaban J connectivity index is 1.24. The number of hydrogen-bond donors (Lipinski definition) is 1. The van der Waals surface area contributed by atoms with Gasteiger partial charge in [0.05, 0.1) is 17.6 Å². The summed E-state index contributed by atoms with van der Waals surface area (Å²) in [5.41, 5.74) is 2.60. The van der Waals surface area contributed by atoms with Gasteiger partial charge >= 0.3 is 0 Å². The summed E-state index contributed by atoms with van der Waals surface area (Å²) >= 11 is 0. The summed E-state index contributed by atoms with van der Waals surface area (Å²) in [4.78, 5) is 46.3. The second-order valence-electron chi connectivity index (χ2n) is 8.26. The molecule has 2 aliphatic rings. The number of fused-ring (bicyclic) bond motifs is 5. The van der Waals surface area contributed by atoms with E-state index in [1.54, 1.807) is 40.5 Å². The molecule has 1 aromatic heterocycles. The molecule has 1 atom stereocenters. The zero-order chi connectivity index (χ0) is 22.8. The second-order valence-corrected chi connectivity index (χ2v) is 8.26. The summed E-state index contributed by atoms with van der Waals surface area (Å²) in [6, 6.07) is 14.6. The minimum Gasteiger partial charge on any atom is -0.356 e. The van der Waals surface area contributed by atoms with Crippen molar-refractivity contribution in [1.29, 1.82) is 0 Å². The maximum Gasteiger partial charge on any atom is 0.260 e. The highest BCUT2D eigenvalue weighted by Gasteiger charge is 2.47. The van der Waals surface area contributed by atoms with E-state index in [9.17, 15) is 14.4 Å². The number of anilines is 1. The molecule has 3 amide bonds. The molecule has 3 heterocycles. The Bertz CT molecular complexity index is 1190. The Kier molecular flexibility index (Phi) is 5.64. The van der Waals surface area contributed by atoms with Gasteiger partial charge in [-0.1, -0.05) is 30.3 Å². The highest BCUT2D eigenvalue weighted by molar-refractivity contribution is 6.16. The van der Waals surface area contributed by atoms with Gasteiger partial charge in [0.2, 0.25) is 5.91 Å². The molecular formula is C25H25N5O3. The van der Waals surface area contributed by atoms with Crippen LogP contribution in [0.25, 0.3) is 0 Å². The van der Waals surface area contributed by atoms with Gasteiger partial charge in [-0.2, -0.15) is 0 Å². The molecule has 0 aliphatic carbocycles. The predicted octanol–water partition coefficient (Wildman–Crippen LogP) is 2.98. The van der Waals surface area contributed by atoms with Crippen LogP contribution >= 0.6 is 0 Å². The number of aryl methyl sites for hydroxylation is 1. The van der Waals surface area contributed by atoms with Gasteiger partial charge in [-0.3, -0.25) is 19.3 Å². The molecule has 1 N–H and O–H groups in total. The van der Waals surface area contributed by atoms with E-state index in [0.29, 0.717) is 42.7 Å². The van der Waals surface area contributed by atoms with E-state index in [0.717, 1.165) is 18.5 Å². The molecule has 0 unspecified atom stereocenters. The van der Waals surface area contributed by atoms with E-state index in [2.05, 4.69) is 10.3 Å². The van der Waals surface area contributed by atoms with Gasteiger partial charge in [0.25, 0.3) is 11.8 Å². The quantitative estimate of drug-likeness (QED) is 0.542. The van der Waals surface area contributed by atoms with Crippen LogP contribution in [0.5, 0.6) is 0 Å². The number of hydrogen-bond acceptors (Lipinski definition) is 4. The standard InChI is InChI=1S/C25H25N5O3/c31-22(27-12-6-14-28-16-13-26-17-28)11-5-15-29-23-18-7-1-2-8-19(18)25(33)30(23)21-10-4-3-9-20(21)24(29)32/h1-4,7-10,13,16-17,23H,5-6,11-12,14-15H2,(H,27,31)/t23-/m0/s1. The van der Waals surface area contributed by atoms with Crippen molar-refractivity contribution in [2.45, 2.75) is 32.0 Å². The van der Waals surface area contributed by atoms with Crippen LogP contribution < -0.4 is 10.2 Å². The topological polar surface area (TPSA) is 87.5 Å². The van der Waals surface area contributed by atoms with Gasteiger partial charge in [0, 0.05) is 49.6 Å². The number of amides is 3. The van der Waals surface area contributed by atoms with Crippen molar-refractivity contribution in [2.24, 2.45) is 0 Å². The Morgan fingerprint density at radius 2 is 1.73 bits per heavy atom. The number of rotatable bonds is 8. The largest absolute Gasteiger partial charge is 0.356 e. The minimum absolute atomic E-state index is 0.0368. The SMILES string of the molecule is O=C(CCCN1C(=O)c2ccccc2N2C(=O)c3ccccc3[C@@H]12)NCCCn1ccnc1. The lowest BCUT2D eigenvalue weighted by molar-refractivity contribution is -0.121. The number of nitrogens with zero attached hydrogens (tertiary/aromatic N) is 4. The summed E-state index contributed by atoms with van der Waals surface area (Å²) in [6.07, 6.45) is 6.56. The Labute approximate surface area is 191 Å². The Morgan fingerprint density at radius 1 is 0.939 bits per heavy atom. The van der Waals surface area contributed by atoms with Crippen LogP contribution in [0.4, 0.5) is 5.69 Å². The van der Waals surface area contributed by atoms with E-state index in [4.69, 9.17) is 0 Å². The highest BCUT2D eigenvalue weighted by atomic mass is 16.2. The molecule has 33 heavy (non-hydrogen) atoms. The van der Waals surface area contributed by atoms with Gasteiger partial charge < -0.3 is 14.8 Å². The highest BCUT2D eigenvalue weighted by Crippen LogP contribution is 2.45. The van der Waals surface area contributed by atoms with Gasteiger partial charge in [-0.05, 0) is 31.0 Å². The fraction of sp³-hybridized carbons (Fsp3) is 0.280. The molecule has 3 aromatic rings. The fourth-order valence-corrected chi connectivity index (χ4v) is 4.61. The number of para-hydroxylation sites is 1. The van der Waals surface area contributed by atoms with Crippen LogP contribution in [-0.2, 0) is 11.3 Å². The lowest BCUT2D eigenvalue weighted by atomic mass is 10.0. The molecule has 0 bridgehead atoms. The van der Waals surface area contributed by atoms with E-state index in [1.165, 1.54) is 0 Å². The molecule has 0 saturated heterocycles. The second kappa shape index (κ2) is 8.90. The molecule has 5 rings (SSSR count). The van der Waals surface area contributed by atoms with E-state index in [-0.39, 0.29) is 17.7 Å². The Morgan fingerprint density at radius 3 is 2.55 bits per heavy atom. The first kappa shape index (κ1) is 20.9. The number of nitrogens with one attached hydrogen (secondary N) is 1. The third kappa shape index (κ3) is 3.88. The number of carbonyl (C=O) groups is 3. The molecule has 2 aliphatic heterocycles. The zero-order valence-electron chi connectivity index (χ0n) is 18.2. The van der Waals surface area contributed by atoms with Gasteiger partial charge in [0.15, 0.2) is 0 Å². The van der Waals surface area contributed by atoms with E-state index >= 15 is 0 Å². The summed E-state index contributed by atoms with van der Waals surface area (Å²) in [5.74, 6) is -0.251. The molecular weight excluding hydrogens is 418 g/mol. The number of imidazole rings is 1. The van der Waals surface area contributed by atoms with E-state index < -0.39 is 6.17 Å². The maximum atomic E-state index is 13.4. The number of carbonyl (C=O) groups excluding carboxylic acids is 3. The third-order valence-electron chi connectivity index (χ3n) is 6.16. The van der Waals surface area contributed by atoms with Crippen LogP contribution in [-0.4, -0.2) is 45.3 Å². The molecule has 0 saturated carbocycles. The van der Waals surface area contributed by atoms with Gasteiger partial charge in [0.1, 0.15) is 6.17 Å². The van der Waals surface area contributed by atoms with Crippen molar-refractivity contribution in [1.82, 2.24) is 19.8 Å². The van der Waals surface area contributed by atoms with Crippen molar-refractivity contribution < 1.29 is 14.4 Å². The lowest BCUT2D eigenvalue weighted by Crippen LogP contribution is -2.48. The van der Waals surface area contributed by atoms with Gasteiger partial charge in [-0.15, -0.1) is 0 Å². The van der Waals surface area contributed by atoms with Crippen molar-refractivity contribution >= 4 is 23.4 Å². The van der Waals surface area contributed by atoms with Crippen molar-refractivity contribution in [3.8, 4) is 0 Å². The van der Waals surface area contributed by atoms with Crippen LogP contribution in [0.2, 0.25) is 0 Å². The molecule has 8 nitrogen and oxygen atoms in total. The number of benzene rings is 2. The average molecular weight is 444 g/mol. The summed E-state index contributed by atoms with van der Waals surface area (Å²) < 4.78 is 1.97. The fourth-order valence-electron chi connectivity index (χ4n) is 4.61. The summed E-state index contributed by atoms with van der Waals surface area (Å²) in [5, 5.41) is 2.94. The monoisotopic (exact) mass is 443 g/mol. The summed E-state index contributed by atoms with van der Waals surface area (Å²) in [6.45, 7) is 1.77. The first-order chi connectivity index (χ1) is 16.1. The first-order valence-electron chi connectivity index (χ1n) is 11.2. The van der Waals surface area contributed by atoms with Crippen molar-refractivity contribution in [3.05, 3.63) is 83.9 Å². The average Bonchev–Trinajstić information content (AvgIpc) is 3.46. The predicted molar refractivity (Wildman–Crippen MR) is 123 cm³/mol. The Hall–Kier alpha value is -3.94. The molecule has 168 valence electrons. The van der Waals surface area contributed by atoms with Crippen molar-refractivity contribution in [3.63, 3.8) is 0 Å². The van der Waals surface area contributed by atoms with E-state index in [1.807, 2.05) is 41.1 Å². The van der Waals surface area contributed by atoms with Crippen molar-refractivity contribution in [2.75, 3.05) is 18.0 Å². The van der Waals surface area contributed by atoms with Crippen LogP contribution in [0.15, 0.2) is 67.3 Å². The minimum atomic E-state index is -0.477. The van der Waals surface area contributed by atoms with Gasteiger partial charge in [-0.25, -0.2) is 4.98 Å². The molecule has 0 fully saturated rings. The molecule has 0 spiro atoms. The van der Waals surface area contributed by atoms with Crippen LogP contribution in [0.1, 0.15) is 51.7 Å². The number of aromatic nitrogens is 2. The molecule has 8 heteroatoms. The van der Waals surface area contributed by atoms with Crippen LogP contribution in [0.3, 0.4) is 0 Å². The molecule has 2 aromatic carbocycles. The molecule has 0 radical (unpaired) electrons.